The van der Waals surface area contributed by atoms with Crippen LogP contribution in [0.15, 0.2) is 24.3 Å². The predicted molar refractivity (Wildman–Crippen MR) is 187 cm³/mol. The van der Waals surface area contributed by atoms with E-state index in [-0.39, 0.29) is 46.4 Å². The van der Waals surface area contributed by atoms with Crippen molar-refractivity contribution in [1.82, 2.24) is 35.1 Å². The molecule has 0 radical (unpaired) electrons. The van der Waals surface area contributed by atoms with Crippen molar-refractivity contribution in [1.29, 1.82) is 0 Å². The standard InChI is InChI=1S/C31H41B3FN9O4/c1-42-24(30(47)44-11-7-19(8-12-44)43-9-3-4-10-43)15-21(41-42)20-13-18(35)14-23(27(20)48-2)36-22-16-25(37-28(45)17-5-6-17)39-40-26(22)29(46)38-31(32,33)34/h13-17,19H,3-12,32-34H2,1-2H3,(H,38,46)(H2,36,37,39,45). The highest BCUT2D eigenvalue weighted by Crippen LogP contribution is 2.39. The molecule has 0 spiro atoms. The molecule has 1 aliphatic carbocycles. The van der Waals surface area contributed by atoms with Crippen molar-refractivity contribution >= 4 is 58.5 Å². The number of aromatic nitrogens is 4. The average Bonchev–Trinajstić information content (AvgIpc) is 3.61. The third kappa shape index (κ3) is 7.50. The molecule has 3 aliphatic rings. The number of amides is 3. The van der Waals surface area contributed by atoms with Gasteiger partial charge in [0.1, 0.15) is 35.0 Å². The Balaban J connectivity index is 1.28. The van der Waals surface area contributed by atoms with E-state index in [1.807, 2.05) is 28.4 Å². The number of nitrogens with one attached hydrogen (secondary N) is 3. The lowest BCUT2D eigenvalue weighted by Crippen LogP contribution is -2.50. The highest BCUT2D eigenvalue weighted by atomic mass is 19.1. The van der Waals surface area contributed by atoms with Gasteiger partial charge in [-0.3, -0.25) is 19.1 Å². The van der Waals surface area contributed by atoms with Crippen LogP contribution in [0.25, 0.3) is 11.3 Å². The molecule has 2 aromatic heterocycles. The highest BCUT2D eigenvalue weighted by molar-refractivity contribution is 6.60. The lowest BCUT2D eigenvalue weighted by Gasteiger charge is -2.36. The second-order valence-corrected chi connectivity index (χ2v) is 13.9. The first-order valence-electron chi connectivity index (χ1n) is 16.6. The Morgan fingerprint density at radius 1 is 0.958 bits per heavy atom. The van der Waals surface area contributed by atoms with Gasteiger partial charge in [-0.25, -0.2) is 4.39 Å². The van der Waals surface area contributed by atoms with Crippen LogP contribution in [0.4, 0.5) is 21.6 Å². The maximum Gasteiger partial charge on any atom is 0.272 e. The summed E-state index contributed by atoms with van der Waals surface area (Å²) in [6, 6.07) is 6.18. The van der Waals surface area contributed by atoms with Crippen molar-refractivity contribution in [3.63, 3.8) is 0 Å². The Kier molecular flexibility index (Phi) is 9.50. The van der Waals surface area contributed by atoms with E-state index in [1.54, 1.807) is 13.1 Å². The van der Waals surface area contributed by atoms with Gasteiger partial charge < -0.3 is 30.5 Å². The summed E-state index contributed by atoms with van der Waals surface area (Å²) in [5.74, 6) is -1.09. The molecule has 13 nitrogen and oxygen atoms in total. The van der Waals surface area contributed by atoms with Gasteiger partial charge in [0.15, 0.2) is 17.3 Å². The monoisotopic (exact) mass is 655 g/mol. The van der Waals surface area contributed by atoms with Gasteiger partial charge in [-0.2, -0.15) is 5.10 Å². The summed E-state index contributed by atoms with van der Waals surface area (Å²) in [4.78, 5) is 43.7. The number of rotatable bonds is 10. The van der Waals surface area contributed by atoms with Gasteiger partial charge in [-0.1, -0.05) is 0 Å². The first kappa shape index (κ1) is 33.5. The van der Waals surface area contributed by atoms with E-state index in [0.29, 0.717) is 36.1 Å². The molecule has 6 rings (SSSR count). The number of hydrogen-bond donors (Lipinski definition) is 3. The van der Waals surface area contributed by atoms with Gasteiger partial charge in [0, 0.05) is 49.8 Å². The van der Waals surface area contributed by atoms with Crippen LogP contribution >= 0.6 is 0 Å². The summed E-state index contributed by atoms with van der Waals surface area (Å²) in [5, 5.41) is 20.9. The van der Waals surface area contributed by atoms with Crippen LogP contribution in [0.3, 0.4) is 0 Å². The third-order valence-corrected chi connectivity index (χ3v) is 9.01. The van der Waals surface area contributed by atoms with Gasteiger partial charge in [-0.15, -0.1) is 10.2 Å². The minimum Gasteiger partial charge on any atom is -0.494 e. The summed E-state index contributed by atoms with van der Waals surface area (Å²) < 4.78 is 22.6. The Hall–Kier alpha value is -4.40. The maximum atomic E-state index is 15.3. The zero-order valence-corrected chi connectivity index (χ0v) is 28.2. The van der Waals surface area contributed by atoms with Crippen LogP contribution in [0.5, 0.6) is 5.75 Å². The minimum absolute atomic E-state index is 0.0542. The molecule has 4 heterocycles. The SMILES string of the molecule is BC(B)(B)NC(=O)c1nnc(NC(=O)C2CC2)cc1Nc1cc(F)cc(-c2cc(C(=O)N3CCC(N4CCCC4)CC3)n(C)n2)c1OC. The molecule has 48 heavy (non-hydrogen) atoms. The number of nitrogens with zero attached hydrogens (tertiary/aromatic N) is 6. The fraction of sp³-hybridized carbons (Fsp3) is 0.484. The molecule has 1 saturated carbocycles. The fourth-order valence-electron chi connectivity index (χ4n) is 6.43. The summed E-state index contributed by atoms with van der Waals surface area (Å²) in [6.45, 7) is 3.62. The Morgan fingerprint density at radius 3 is 2.31 bits per heavy atom. The summed E-state index contributed by atoms with van der Waals surface area (Å²) >= 11 is 0. The maximum absolute atomic E-state index is 15.3. The number of carbonyl (C=O) groups is 3. The first-order chi connectivity index (χ1) is 22.9. The molecule has 0 unspecified atom stereocenters. The van der Waals surface area contributed by atoms with Gasteiger partial charge in [-0.05, 0) is 69.0 Å². The molecule has 0 atom stereocenters. The van der Waals surface area contributed by atoms with Crippen LogP contribution in [-0.4, -0.2) is 116 Å². The van der Waals surface area contributed by atoms with Crippen LogP contribution < -0.4 is 20.7 Å². The van der Waals surface area contributed by atoms with Crippen molar-refractivity contribution in [2.45, 2.75) is 49.8 Å². The summed E-state index contributed by atoms with van der Waals surface area (Å²) in [7, 11) is 8.64. The van der Waals surface area contributed by atoms with Crippen LogP contribution in [0, 0.1) is 11.7 Å². The molecule has 2 saturated heterocycles. The second kappa shape index (κ2) is 13.6. The van der Waals surface area contributed by atoms with Crippen LogP contribution in [-0.2, 0) is 11.8 Å². The summed E-state index contributed by atoms with van der Waals surface area (Å²) in [6.07, 6.45) is 5.97. The van der Waals surface area contributed by atoms with Gasteiger partial charge in [0.05, 0.1) is 24.2 Å². The summed E-state index contributed by atoms with van der Waals surface area (Å²) in [5.41, 5.74) is 1.37. The number of methoxy groups -OCH3 is 1. The quantitative estimate of drug-likeness (QED) is 0.258. The number of ether oxygens (including phenoxy) is 1. The fourth-order valence-corrected chi connectivity index (χ4v) is 6.43. The molecule has 2 aliphatic heterocycles. The molecule has 250 valence electrons. The largest absolute Gasteiger partial charge is 0.494 e. The van der Waals surface area contributed by atoms with Crippen molar-refractivity contribution in [3.8, 4) is 17.0 Å². The van der Waals surface area contributed by atoms with E-state index in [4.69, 9.17) is 4.74 Å². The van der Waals surface area contributed by atoms with E-state index >= 15 is 4.39 Å². The molecule has 3 aromatic rings. The lowest BCUT2D eigenvalue weighted by molar-refractivity contribution is -0.117. The lowest BCUT2D eigenvalue weighted by atomic mass is 9.49. The van der Waals surface area contributed by atoms with E-state index < -0.39 is 17.0 Å². The predicted octanol–water partition coefficient (Wildman–Crippen LogP) is 0.0577. The number of benzene rings is 1. The molecule has 17 heteroatoms. The normalized spacial score (nSPS) is 17.3. The topological polar surface area (TPSA) is 147 Å². The number of anilines is 3. The van der Waals surface area contributed by atoms with Crippen molar-refractivity contribution in [3.05, 3.63) is 41.5 Å². The van der Waals surface area contributed by atoms with Crippen molar-refractivity contribution in [2.24, 2.45) is 13.0 Å². The van der Waals surface area contributed by atoms with Gasteiger partial charge >= 0.3 is 0 Å². The van der Waals surface area contributed by atoms with Crippen LogP contribution in [0.2, 0.25) is 0 Å². The molecule has 3 fully saturated rings. The number of piperidine rings is 1. The smallest absolute Gasteiger partial charge is 0.272 e. The van der Waals surface area contributed by atoms with Crippen LogP contribution in [0.1, 0.15) is 59.5 Å². The Labute approximate surface area is 282 Å². The number of carbonyl (C=O) groups excluding carboxylic acids is 3. The number of halogens is 1. The highest BCUT2D eigenvalue weighted by Gasteiger charge is 2.32. The van der Waals surface area contributed by atoms with E-state index in [2.05, 4.69) is 36.1 Å². The third-order valence-electron chi connectivity index (χ3n) is 9.01. The average molecular weight is 655 g/mol. The Bertz CT molecular complexity index is 1720. The van der Waals surface area contributed by atoms with Gasteiger partial charge in [0.25, 0.3) is 11.8 Å². The van der Waals surface area contributed by atoms with Crippen molar-refractivity contribution < 1.29 is 23.5 Å². The van der Waals surface area contributed by atoms with E-state index in [0.717, 1.165) is 38.8 Å². The molecule has 3 amide bonds. The van der Waals surface area contributed by atoms with E-state index in [9.17, 15) is 14.4 Å². The van der Waals surface area contributed by atoms with Crippen molar-refractivity contribution in [2.75, 3.05) is 43.9 Å². The number of likely N-dealkylation sites (tertiary alicyclic amines) is 2. The first-order valence-corrected chi connectivity index (χ1v) is 16.6. The minimum atomic E-state index is -0.596. The second-order valence-electron chi connectivity index (χ2n) is 13.9. The molecule has 3 N–H and O–H groups in total. The number of hydrogen-bond acceptors (Lipinski definition) is 9. The number of aryl methyl sites for hydroxylation is 1. The molecular formula is C31H41B3FN9O4. The zero-order valence-electron chi connectivity index (χ0n) is 28.2. The zero-order chi connectivity index (χ0) is 34.2. The molecule has 0 bridgehead atoms. The van der Waals surface area contributed by atoms with E-state index in [1.165, 1.54) is 42.8 Å². The van der Waals surface area contributed by atoms with Gasteiger partial charge in [0.2, 0.25) is 5.91 Å². The molecule has 1 aromatic carbocycles. The molecular weight excluding hydrogens is 614 g/mol. The Morgan fingerprint density at radius 2 is 1.67 bits per heavy atom.